The molecule has 0 bridgehead atoms. The largest absolute Gasteiger partial charge is 0.483 e. The molecule has 2 aromatic rings. The Morgan fingerprint density at radius 2 is 1.79 bits per heavy atom. The van der Waals surface area contributed by atoms with Crippen LogP contribution in [0.3, 0.4) is 0 Å². The highest BCUT2D eigenvalue weighted by Gasteiger charge is 2.23. The summed E-state index contributed by atoms with van der Waals surface area (Å²) >= 11 is 0. The van der Waals surface area contributed by atoms with E-state index in [1.165, 1.54) is 12.0 Å². The van der Waals surface area contributed by atoms with Gasteiger partial charge in [-0.15, -0.1) is 0 Å². The van der Waals surface area contributed by atoms with Crippen LogP contribution in [-0.2, 0) is 33.8 Å². The van der Waals surface area contributed by atoms with Gasteiger partial charge in [0.25, 0.3) is 12.9 Å². The number of aryl methyl sites for hydroxylation is 1. The van der Waals surface area contributed by atoms with Crippen LogP contribution in [-0.4, -0.2) is 62.2 Å². The Bertz CT molecular complexity index is 754. The first-order chi connectivity index (χ1) is 13.9. The molecule has 0 spiro atoms. The van der Waals surface area contributed by atoms with E-state index in [-0.39, 0.29) is 19.4 Å². The molecule has 1 atom stereocenters. The van der Waals surface area contributed by atoms with Crippen molar-refractivity contribution in [3.63, 3.8) is 0 Å². The maximum Gasteiger partial charge on any atom is 0.307 e. The fraction of sp³-hybridized carbons (Fsp3) is 0.400. The van der Waals surface area contributed by atoms with E-state index < -0.39 is 5.97 Å². The summed E-state index contributed by atoms with van der Waals surface area (Å²) in [6, 6.07) is 8.00. The number of rotatable bonds is 6. The maximum absolute atomic E-state index is 10.7. The molecule has 9 heteroatoms. The van der Waals surface area contributed by atoms with Crippen LogP contribution in [0.5, 0.6) is 0 Å². The number of aromatic amines is 1. The number of aliphatic carboxylic acids is 1. The summed E-state index contributed by atoms with van der Waals surface area (Å²) in [6.07, 6.45) is 4.13. The third kappa shape index (κ3) is 9.02. The zero-order valence-electron chi connectivity index (χ0n) is 16.3. The van der Waals surface area contributed by atoms with Crippen molar-refractivity contribution in [3.8, 4) is 0 Å². The monoisotopic (exact) mass is 405 g/mol. The first kappa shape index (κ1) is 23.8. The zero-order valence-corrected chi connectivity index (χ0v) is 16.3. The molecule has 1 aromatic carbocycles. The first-order valence-electron chi connectivity index (χ1n) is 9.10. The molecule has 2 heterocycles. The van der Waals surface area contributed by atoms with Gasteiger partial charge < -0.3 is 20.3 Å². The van der Waals surface area contributed by atoms with E-state index in [4.69, 9.17) is 24.9 Å². The Hall–Kier alpha value is -3.20. The number of nitrogens with zero attached hydrogens (tertiary/aromatic N) is 2. The standard InChI is InChI=1S/C18H23N3O2.2CH2O2/c1-13-17(20-12-19-13)11-21-7-6-16(10-21)8-14-2-4-15(5-3-14)9-18(22)23;2*2-1-3/h2-5,12,16H,6-11H2,1H3,(H,19,20)(H,22,23);2*1H,(H,2,3). The molecule has 4 N–H and O–H groups in total. The highest BCUT2D eigenvalue weighted by molar-refractivity contribution is 5.70. The predicted octanol–water partition coefficient (Wildman–Crippen LogP) is 1.81. The van der Waals surface area contributed by atoms with Gasteiger partial charge in [-0.05, 0) is 43.4 Å². The SMILES string of the molecule is Cc1[nH]cnc1CN1CCC(Cc2ccc(CC(=O)O)cc2)C1.O=CO.O=CO. The second-order valence-electron chi connectivity index (χ2n) is 6.67. The number of H-pyrrole nitrogens is 1. The van der Waals surface area contributed by atoms with Crippen LogP contribution in [0.15, 0.2) is 30.6 Å². The van der Waals surface area contributed by atoms with E-state index in [0.29, 0.717) is 5.92 Å². The van der Waals surface area contributed by atoms with E-state index in [1.807, 2.05) is 12.1 Å². The summed E-state index contributed by atoms with van der Waals surface area (Å²) in [6.45, 7) is 4.70. The summed E-state index contributed by atoms with van der Waals surface area (Å²) in [7, 11) is 0. The minimum absolute atomic E-state index is 0.0977. The van der Waals surface area contributed by atoms with Crippen molar-refractivity contribution in [2.24, 2.45) is 5.92 Å². The third-order valence-corrected chi connectivity index (χ3v) is 4.58. The lowest BCUT2D eigenvalue weighted by Gasteiger charge is -2.15. The minimum atomic E-state index is -0.780. The molecule has 1 unspecified atom stereocenters. The quantitative estimate of drug-likeness (QED) is 0.533. The van der Waals surface area contributed by atoms with E-state index in [1.54, 1.807) is 6.33 Å². The van der Waals surface area contributed by atoms with Gasteiger partial charge in [-0.1, -0.05) is 24.3 Å². The second-order valence-corrected chi connectivity index (χ2v) is 6.67. The normalized spacial score (nSPS) is 15.4. The molecule has 0 radical (unpaired) electrons. The summed E-state index contributed by atoms with van der Waals surface area (Å²) in [5.41, 5.74) is 4.45. The van der Waals surface area contributed by atoms with Crippen LogP contribution in [0.2, 0.25) is 0 Å². The number of carboxylic acids is 1. The Morgan fingerprint density at radius 1 is 1.21 bits per heavy atom. The molecular weight excluding hydrogens is 378 g/mol. The number of benzene rings is 1. The lowest BCUT2D eigenvalue weighted by molar-refractivity contribution is -0.136. The van der Waals surface area contributed by atoms with Gasteiger partial charge in [-0.2, -0.15) is 0 Å². The number of nitrogens with one attached hydrogen (secondary N) is 1. The van der Waals surface area contributed by atoms with E-state index in [2.05, 4.69) is 33.9 Å². The second kappa shape index (κ2) is 13.1. The van der Waals surface area contributed by atoms with Gasteiger partial charge in [-0.3, -0.25) is 19.3 Å². The van der Waals surface area contributed by atoms with Crippen molar-refractivity contribution >= 4 is 18.9 Å². The fourth-order valence-corrected chi connectivity index (χ4v) is 3.28. The third-order valence-electron chi connectivity index (χ3n) is 4.58. The zero-order chi connectivity index (χ0) is 21.6. The van der Waals surface area contributed by atoms with Gasteiger partial charge in [0.2, 0.25) is 0 Å². The molecule has 1 saturated heterocycles. The summed E-state index contributed by atoms with van der Waals surface area (Å²) in [5.74, 6) is -0.114. The van der Waals surface area contributed by atoms with Crippen LogP contribution in [0.25, 0.3) is 0 Å². The molecule has 9 nitrogen and oxygen atoms in total. The number of carbonyl (C=O) groups is 3. The molecule has 0 aliphatic carbocycles. The molecule has 29 heavy (non-hydrogen) atoms. The van der Waals surface area contributed by atoms with Gasteiger partial charge >= 0.3 is 5.97 Å². The molecule has 1 aromatic heterocycles. The van der Waals surface area contributed by atoms with Crippen molar-refractivity contribution in [3.05, 3.63) is 53.1 Å². The number of likely N-dealkylation sites (tertiary alicyclic amines) is 1. The van der Waals surface area contributed by atoms with Gasteiger partial charge in [0, 0.05) is 18.8 Å². The van der Waals surface area contributed by atoms with E-state index in [0.717, 1.165) is 43.0 Å². The van der Waals surface area contributed by atoms with Crippen molar-refractivity contribution in [1.82, 2.24) is 14.9 Å². The molecule has 158 valence electrons. The van der Waals surface area contributed by atoms with Crippen LogP contribution in [0, 0.1) is 12.8 Å². The van der Waals surface area contributed by atoms with Crippen molar-refractivity contribution in [1.29, 1.82) is 0 Å². The fourth-order valence-electron chi connectivity index (χ4n) is 3.28. The Labute approximate surface area is 169 Å². The van der Waals surface area contributed by atoms with Gasteiger partial charge in [0.05, 0.1) is 18.4 Å². The molecule has 1 aliphatic rings. The van der Waals surface area contributed by atoms with Gasteiger partial charge in [-0.25, -0.2) is 4.98 Å². The molecule has 0 saturated carbocycles. The average Bonchev–Trinajstić information content (AvgIpc) is 3.27. The smallest absolute Gasteiger partial charge is 0.307 e. The van der Waals surface area contributed by atoms with Crippen LogP contribution in [0.4, 0.5) is 0 Å². The topological polar surface area (TPSA) is 144 Å². The Kier molecular flexibility index (Phi) is 10.7. The molecule has 3 rings (SSSR count). The predicted molar refractivity (Wildman–Crippen MR) is 106 cm³/mol. The number of hydrogen-bond acceptors (Lipinski definition) is 5. The highest BCUT2D eigenvalue weighted by Crippen LogP contribution is 2.23. The van der Waals surface area contributed by atoms with Gasteiger partial charge in [0.15, 0.2) is 0 Å². The summed E-state index contributed by atoms with van der Waals surface area (Å²) < 4.78 is 0. The maximum atomic E-state index is 10.7. The molecule has 1 aliphatic heterocycles. The highest BCUT2D eigenvalue weighted by atomic mass is 16.4. The van der Waals surface area contributed by atoms with Gasteiger partial charge in [0.1, 0.15) is 0 Å². The summed E-state index contributed by atoms with van der Waals surface area (Å²) in [5, 5.41) is 22.6. The van der Waals surface area contributed by atoms with Crippen LogP contribution >= 0.6 is 0 Å². The molecule has 0 amide bonds. The minimum Gasteiger partial charge on any atom is -0.483 e. The summed E-state index contributed by atoms with van der Waals surface area (Å²) in [4.78, 5) is 37.4. The lowest BCUT2D eigenvalue weighted by Crippen LogP contribution is -2.21. The Morgan fingerprint density at radius 3 is 2.31 bits per heavy atom. The molecular formula is C20H27N3O6. The lowest BCUT2D eigenvalue weighted by atomic mass is 9.97. The molecule has 1 fully saturated rings. The average molecular weight is 405 g/mol. The van der Waals surface area contributed by atoms with E-state index >= 15 is 0 Å². The van der Waals surface area contributed by atoms with Crippen LogP contribution < -0.4 is 0 Å². The Balaban J connectivity index is 0.000000626. The van der Waals surface area contributed by atoms with Crippen molar-refractivity contribution in [2.45, 2.75) is 32.7 Å². The van der Waals surface area contributed by atoms with Crippen molar-refractivity contribution in [2.75, 3.05) is 13.1 Å². The number of aromatic nitrogens is 2. The van der Waals surface area contributed by atoms with Crippen molar-refractivity contribution < 1.29 is 29.7 Å². The number of hydrogen-bond donors (Lipinski definition) is 4. The van der Waals surface area contributed by atoms with E-state index in [9.17, 15) is 4.79 Å². The number of imidazole rings is 1. The van der Waals surface area contributed by atoms with Crippen LogP contribution in [0.1, 0.15) is 28.9 Å². The number of carboxylic acid groups (broad SMARTS) is 3. The first-order valence-corrected chi connectivity index (χ1v) is 9.10.